The van der Waals surface area contributed by atoms with Crippen molar-refractivity contribution in [3.63, 3.8) is 0 Å². The lowest BCUT2D eigenvalue weighted by molar-refractivity contribution is -0.149. The summed E-state index contributed by atoms with van der Waals surface area (Å²) in [7, 11) is 0. The van der Waals surface area contributed by atoms with Gasteiger partial charge in [-0.1, -0.05) is 0 Å². The molecule has 4 nitrogen and oxygen atoms in total. The summed E-state index contributed by atoms with van der Waals surface area (Å²) in [6.45, 7) is 3.24. The quantitative estimate of drug-likeness (QED) is 0.624. The van der Waals surface area contributed by atoms with Gasteiger partial charge in [-0.25, -0.2) is 0 Å². The molecule has 80 valence electrons. The zero-order valence-corrected chi connectivity index (χ0v) is 8.58. The van der Waals surface area contributed by atoms with Crippen LogP contribution in [0.1, 0.15) is 26.2 Å². The first kappa shape index (κ1) is 9.93. The van der Waals surface area contributed by atoms with Crippen molar-refractivity contribution < 1.29 is 9.53 Å². The smallest absolute Gasteiger partial charge is 0.308 e. The van der Waals surface area contributed by atoms with E-state index < -0.39 is 0 Å². The number of hydrogen-bond acceptors (Lipinski definition) is 4. The van der Waals surface area contributed by atoms with Gasteiger partial charge in [0.05, 0.1) is 12.5 Å². The molecule has 2 fully saturated rings. The number of fused-ring (bicyclic) bond motifs is 1. The average Bonchev–Trinajstić information content (AvgIpc) is 2.64. The molecule has 0 bridgehead atoms. The molecule has 3 atom stereocenters. The Morgan fingerprint density at radius 1 is 1.36 bits per heavy atom. The van der Waals surface area contributed by atoms with Gasteiger partial charge in [-0.3, -0.25) is 4.79 Å². The maximum atomic E-state index is 11.5. The molecule has 4 heteroatoms. The highest BCUT2D eigenvalue weighted by molar-refractivity contribution is 5.72. The summed E-state index contributed by atoms with van der Waals surface area (Å²) >= 11 is 0. The lowest BCUT2D eigenvalue weighted by atomic mass is 9.83. The molecule has 14 heavy (non-hydrogen) atoms. The molecule has 0 radical (unpaired) electrons. The minimum atomic E-state index is -0.0142. The van der Waals surface area contributed by atoms with Crippen molar-refractivity contribution in [3.8, 4) is 0 Å². The Morgan fingerprint density at radius 2 is 2.14 bits per heavy atom. The standard InChI is InChI=1S/C10H18N2O2/c1-2-14-10(13)7-3-4-8-9(5-7)12-6-11-8/h7-9,11-12H,2-6H2,1H3. The van der Waals surface area contributed by atoms with Gasteiger partial charge in [0.25, 0.3) is 0 Å². The minimum absolute atomic E-state index is 0.0142. The Balaban J connectivity index is 1.87. The van der Waals surface area contributed by atoms with Crippen LogP contribution in [0.3, 0.4) is 0 Å². The van der Waals surface area contributed by atoms with E-state index in [1.54, 1.807) is 0 Å². The van der Waals surface area contributed by atoms with Gasteiger partial charge in [0.15, 0.2) is 0 Å². The van der Waals surface area contributed by atoms with Crippen LogP contribution >= 0.6 is 0 Å². The SMILES string of the molecule is CCOC(=O)C1CCC2NCNC2C1. The third kappa shape index (κ3) is 1.91. The van der Waals surface area contributed by atoms with E-state index in [1.165, 1.54) is 0 Å². The van der Waals surface area contributed by atoms with Crippen LogP contribution in [-0.2, 0) is 9.53 Å². The van der Waals surface area contributed by atoms with Crippen LogP contribution in [0.2, 0.25) is 0 Å². The van der Waals surface area contributed by atoms with Gasteiger partial charge < -0.3 is 15.4 Å². The Hall–Kier alpha value is -0.610. The van der Waals surface area contributed by atoms with E-state index in [0.717, 1.165) is 25.9 Å². The number of carbonyl (C=O) groups excluding carboxylic acids is 1. The molecular weight excluding hydrogens is 180 g/mol. The van der Waals surface area contributed by atoms with Crippen molar-refractivity contribution in [2.75, 3.05) is 13.3 Å². The number of hydrogen-bond donors (Lipinski definition) is 2. The lowest BCUT2D eigenvalue weighted by Gasteiger charge is -2.29. The predicted octanol–water partition coefficient (Wildman–Crippen LogP) is 0.237. The Labute approximate surface area is 84.4 Å². The van der Waals surface area contributed by atoms with Crippen LogP contribution in [0.25, 0.3) is 0 Å². The summed E-state index contributed by atoms with van der Waals surface area (Å²) in [5.74, 6) is 0.100. The second-order valence-corrected chi connectivity index (χ2v) is 4.06. The lowest BCUT2D eigenvalue weighted by Crippen LogP contribution is -2.41. The predicted molar refractivity (Wildman–Crippen MR) is 52.7 cm³/mol. The number of esters is 1. The van der Waals surface area contributed by atoms with Crippen molar-refractivity contribution in [2.45, 2.75) is 38.3 Å². The van der Waals surface area contributed by atoms with Crippen molar-refractivity contribution in [1.82, 2.24) is 10.6 Å². The molecule has 1 heterocycles. The second kappa shape index (κ2) is 4.28. The van der Waals surface area contributed by atoms with Crippen molar-refractivity contribution in [3.05, 3.63) is 0 Å². The molecule has 0 spiro atoms. The van der Waals surface area contributed by atoms with Gasteiger partial charge in [0.2, 0.25) is 0 Å². The second-order valence-electron chi connectivity index (χ2n) is 4.06. The van der Waals surface area contributed by atoms with Crippen LogP contribution < -0.4 is 10.6 Å². The van der Waals surface area contributed by atoms with E-state index in [-0.39, 0.29) is 11.9 Å². The molecule has 1 saturated carbocycles. The molecular formula is C10H18N2O2. The van der Waals surface area contributed by atoms with Crippen LogP contribution in [0.5, 0.6) is 0 Å². The summed E-state index contributed by atoms with van der Waals surface area (Å²) in [4.78, 5) is 11.5. The summed E-state index contributed by atoms with van der Waals surface area (Å²) < 4.78 is 5.04. The molecule has 1 aliphatic heterocycles. The first-order valence-corrected chi connectivity index (χ1v) is 5.44. The van der Waals surface area contributed by atoms with Crippen LogP contribution in [0, 0.1) is 5.92 Å². The van der Waals surface area contributed by atoms with Gasteiger partial charge in [-0.15, -0.1) is 0 Å². The molecule has 2 N–H and O–H groups in total. The van der Waals surface area contributed by atoms with E-state index >= 15 is 0 Å². The first-order chi connectivity index (χ1) is 6.81. The zero-order valence-electron chi connectivity index (χ0n) is 8.58. The fraction of sp³-hybridized carbons (Fsp3) is 0.900. The highest BCUT2D eigenvalue weighted by Crippen LogP contribution is 2.27. The maximum absolute atomic E-state index is 11.5. The van der Waals surface area contributed by atoms with E-state index in [1.807, 2.05) is 6.92 Å². The van der Waals surface area contributed by atoms with Crippen molar-refractivity contribution in [2.24, 2.45) is 5.92 Å². The van der Waals surface area contributed by atoms with Crippen LogP contribution in [0.15, 0.2) is 0 Å². The topological polar surface area (TPSA) is 50.4 Å². The summed E-state index contributed by atoms with van der Waals surface area (Å²) in [6.07, 6.45) is 2.98. The molecule has 2 aliphatic rings. The fourth-order valence-electron chi connectivity index (χ4n) is 2.44. The molecule has 2 rings (SSSR count). The van der Waals surface area contributed by atoms with Gasteiger partial charge in [-0.2, -0.15) is 0 Å². The van der Waals surface area contributed by atoms with Crippen LogP contribution in [0.4, 0.5) is 0 Å². The number of rotatable bonds is 2. The normalized spacial score (nSPS) is 36.5. The molecule has 0 aromatic carbocycles. The molecule has 0 aromatic heterocycles. The number of carbonyl (C=O) groups is 1. The fourth-order valence-corrected chi connectivity index (χ4v) is 2.44. The van der Waals surface area contributed by atoms with Crippen LogP contribution in [-0.4, -0.2) is 31.3 Å². The van der Waals surface area contributed by atoms with Crippen molar-refractivity contribution >= 4 is 5.97 Å². The zero-order chi connectivity index (χ0) is 9.97. The molecule has 0 aromatic rings. The van der Waals surface area contributed by atoms with Crippen molar-refractivity contribution in [1.29, 1.82) is 0 Å². The Kier molecular flexibility index (Phi) is 3.03. The van der Waals surface area contributed by atoms with E-state index in [2.05, 4.69) is 10.6 Å². The molecule has 1 aliphatic carbocycles. The molecule has 0 amide bonds. The monoisotopic (exact) mass is 198 g/mol. The summed E-state index contributed by atoms with van der Waals surface area (Å²) in [5.41, 5.74) is 0. The van der Waals surface area contributed by atoms with Gasteiger partial charge in [0.1, 0.15) is 0 Å². The Bertz CT molecular complexity index is 220. The van der Waals surface area contributed by atoms with E-state index in [4.69, 9.17) is 4.74 Å². The summed E-state index contributed by atoms with van der Waals surface area (Å²) in [6, 6.07) is 1.04. The Morgan fingerprint density at radius 3 is 2.93 bits per heavy atom. The van der Waals surface area contributed by atoms with E-state index in [9.17, 15) is 4.79 Å². The molecule has 3 unspecified atom stereocenters. The highest BCUT2D eigenvalue weighted by atomic mass is 16.5. The minimum Gasteiger partial charge on any atom is -0.466 e. The largest absolute Gasteiger partial charge is 0.466 e. The highest BCUT2D eigenvalue weighted by Gasteiger charge is 2.36. The number of ether oxygens (including phenoxy) is 1. The van der Waals surface area contributed by atoms with Gasteiger partial charge >= 0.3 is 5.97 Å². The summed E-state index contributed by atoms with van der Waals surface area (Å²) in [5, 5.41) is 6.75. The third-order valence-electron chi connectivity index (χ3n) is 3.20. The third-order valence-corrected chi connectivity index (χ3v) is 3.20. The first-order valence-electron chi connectivity index (χ1n) is 5.44. The molecule has 1 saturated heterocycles. The number of nitrogens with one attached hydrogen (secondary N) is 2. The van der Waals surface area contributed by atoms with Gasteiger partial charge in [-0.05, 0) is 26.2 Å². The van der Waals surface area contributed by atoms with E-state index in [0.29, 0.717) is 18.7 Å². The van der Waals surface area contributed by atoms with Gasteiger partial charge in [0, 0.05) is 18.8 Å². The average molecular weight is 198 g/mol. The maximum Gasteiger partial charge on any atom is 0.308 e.